The van der Waals surface area contributed by atoms with E-state index in [0.29, 0.717) is 17.6 Å². The molecule has 1 aromatic rings. The largest absolute Gasteiger partial charge is 0.497 e. The lowest BCUT2D eigenvalue weighted by molar-refractivity contribution is -0.130. The van der Waals surface area contributed by atoms with Gasteiger partial charge in [-0.2, -0.15) is 0 Å². The molecule has 2 saturated carbocycles. The molecule has 2 aliphatic rings. The molecule has 3 heteroatoms. The maximum atomic E-state index is 5.97. The molecule has 3 nitrogen and oxygen atoms in total. The quantitative estimate of drug-likeness (QED) is 0.869. The van der Waals surface area contributed by atoms with Gasteiger partial charge in [0.05, 0.1) is 13.2 Å². The van der Waals surface area contributed by atoms with Crippen molar-refractivity contribution >= 4 is 0 Å². The van der Waals surface area contributed by atoms with Crippen molar-refractivity contribution in [2.45, 2.75) is 57.7 Å². The molecule has 21 heavy (non-hydrogen) atoms. The maximum absolute atomic E-state index is 5.97. The Bertz CT molecular complexity index is 451. The van der Waals surface area contributed by atoms with Crippen molar-refractivity contribution in [3.8, 4) is 5.75 Å². The van der Waals surface area contributed by atoms with E-state index in [2.05, 4.69) is 24.4 Å². The second kappa shape index (κ2) is 6.37. The van der Waals surface area contributed by atoms with Gasteiger partial charge in [-0.15, -0.1) is 0 Å². The molecule has 0 amide bonds. The third-order valence-electron chi connectivity index (χ3n) is 5.40. The van der Waals surface area contributed by atoms with Crippen LogP contribution < -0.4 is 10.1 Å². The van der Waals surface area contributed by atoms with E-state index in [1.165, 1.54) is 37.7 Å². The summed E-state index contributed by atoms with van der Waals surface area (Å²) in [4.78, 5) is 0. The molecule has 0 heterocycles. The van der Waals surface area contributed by atoms with E-state index in [1.807, 2.05) is 12.1 Å². The van der Waals surface area contributed by atoms with Crippen LogP contribution in [0.3, 0.4) is 0 Å². The Labute approximate surface area is 128 Å². The minimum Gasteiger partial charge on any atom is -0.497 e. The first-order valence-corrected chi connectivity index (χ1v) is 8.26. The molecule has 116 valence electrons. The first kappa shape index (κ1) is 14.9. The van der Waals surface area contributed by atoms with Crippen molar-refractivity contribution in [3.05, 3.63) is 29.8 Å². The topological polar surface area (TPSA) is 30.5 Å². The van der Waals surface area contributed by atoms with Crippen LogP contribution >= 0.6 is 0 Å². The van der Waals surface area contributed by atoms with Crippen molar-refractivity contribution in [1.29, 1.82) is 0 Å². The van der Waals surface area contributed by atoms with Gasteiger partial charge in [-0.3, -0.25) is 0 Å². The van der Waals surface area contributed by atoms with E-state index < -0.39 is 0 Å². The molecule has 2 fully saturated rings. The zero-order valence-electron chi connectivity index (χ0n) is 13.2. The highest BCUT2D eigenvalue weighted by atomic mass is 16.5. The summed E-state index contributed by atoms with van der Waals surface area (Å²) in [7, 11) is 1.71. The van der Waals surface area contributed by atoms with Gasteiger partial charge in [0.25, 0.3) is 0 Å². The van der Waals surface area contributed by atoms with Gasteiger partial charge in [0.2, 0.25) is 0 Å². The molecule has 0 saturated heterocycles. The zero-order valence-corrected chi connectivity index (χ0v) is 13.2. The molecule has 1 spiro atoms. The van der Waals surface area contributed by atoms with Crippen LogP contribution in [0, 0.1) is 5.41 Å². The highest BCUT2D eigenvalue weighted by Gasteiger charge is 2.56. The predicted molar refractivity (Wildman–Crippen MR) is 84.6 cm³/mol. The van der Waals surface area contributed by atoms with Gasteiger partial charge < -0.3 is 14.8 Å². The number of nitrogens with one attached hydrogen (secondary N) is 1. The van der Waals surface area contributed by atoms with E-state index >= 15 is 0 Å². The highest BCUT2D eigenvalue weighted by Crippen LogP contribution is 2.54. The Hall–Kier alpha value is -1.06. The number of rotatable bonds is 6. The molecule has 0 bridgehead atoms. The van der Waals surface area contributed by atoms with Crippen LogP contribution in [0.5, 0.6) is 5.75 Å². The van der Waals surface area contributed by atoms with Gasteiger partial charge in [0.1, 0.15) is 5.75 Å². The molecule has 0 radical (unpaired) electrons. The molecular formula is C18H27NO2. The molecule has 0 aromatic heterocycles. The summed E-state index contributed by atoms with van der Waals surface area (Å²) < 4.78 is 11.2. The first-order chi connectivity index (χ1) is 10.3. The van der Waals surface area contributed by atoms with Crippen LogP contribution in [0.15, 0.2) is 24.3 Å². The van der Waals surface area contributed by atoms with Gasteiger partial charge in [-0.1, -0.05) is 25.0 Å². The average molecular weight is 289 g/mol. The summed E-state index contributed by atoms with van der Waals surface area (Å²) in [6, 6.07) is 8.98. The lowest BCUT2D eigenvalue weighted by Crippen LogP contribution is -2.62. The minimum absolute atomic E-state index is 0.419. The molecule has 2 aliphatic carbocycles. The number of methoxy groups -OCH3 is 1. The lowest BCUT2D eigenvalue weighted by atomic mass is 9.60. The fraction of sp³-hybridized carbons (Fsp3) is 0.667. The molecule has 1 N–H and O–H groups in total. The fourth-order valence-electron chi connectivity index (χ4n) is 4.16. The van der Waals surface area contributed by atoms with E-state index in [4.69, 9.17) is 9.47 Å². The average Bonchev–Trinajstić information content (AvgIpc) is 3.03. The minimum atomic E-state index is 0.419. The Morgan fingerprint density at radius 3 is 2.52 bits per heavy atom. The molecule has 2 atom stereocenters. The van der Waals surface area contributed by atoms with Crippen LogP contribution in [-0.4, -0.2) is 25.9 Å². The van der Waals surface area contributed by atoms with E-state index in [0.717, 1.165) is 18.9 Å². The Morgan fingerprint density at radius 1 is 1.19 bits per heavy atom. The summed E-state index contributed by atoms with van der Waals surface area (Å²) >= 11 is 0. The van der Waals surface area contributed by atoms with E-state index in [-0.39, 0.29) is 0 Å². The third kappa shape index (κ3) is 2.82. The number of benzene rings is 1. The van der Waals surface area contributed by atoms with Crippen molar-refractivity contribution in [2.75, 3.05) is 13.7 Å². The monoisotopic (exact) mass is 289 g/mol. The van der Waals surface area contributed by atoms with Gasteiger partial charge in [-0.05, 0) is 43.9 Å². The molecule has 3 rings (SSSR count). The smallest absolute Gasteiger partial charge is 0.118 e. The summed E-state index contributed by atoms with van der Waals surface area (Å²) in [5.41, 5.74) is 1.74. The maximum Gasteiger partial charge on any atom is 0.118 e. The SMILES string of the molecule is CCOC1CC(NCc2ccc(OC)cc2)C12CCCC2. The Kier molecular flexibility index (Phi) is 4.51. The Morgan fingerprint density at radius 2 is 1.90 bits per heavy atom. The summed E-state index contributed by atoms with van der Waals surface area (Å²) in [5, 5.41) is 3.77. The van der Waals surface area contributed by atoms with E-state index in [9.17, 15) is 0 Å². The van der Waals surface area contributed by atoms with Crippen LogP contribution in [0.25, 0.3) is 0 Å². The predicted octanol–water partition coefficient (Wildman–Crippen LogP) is 3.52. The molecule has 1 aromatic carbocycles. The van der Waals surface area contributed by atoms with Crippen molar-refractivity contribution in [1.82, 2.24) is 5.32 Å². The van der Waals surface area contributed by atoms with Crippen LogP contribution in [-0.2, 0) is 11.3 Å². The van der Waals surface area contributed by atoms with Crippen molar-refractivity contribution in [2.24, 2.45) is 5.41 Å². The summed E-state index contributed by atoms with van der Waals surface area (Å²) in [6.07, 6.45) is 7.05. The second-order valence-electron chi connectivity index (χ2n) is 6.40. The van der Waals surface area contributed by atoms with Crippen LogP contribution in [0.2, 0.25) is 0 Å². The normalized spacial score (nSPS) is 26.8. The second-order valence-corrected chi connectivity index (χ2v) is 6.40. The fourth-order valence-corrected chi connectivity index (χ4v) is 4.16. The van der Waals surface area contributed by atoms with Crippen LogP contribution in [0.4, 0.5) is 0 Å². The van der Waals surface area contributed by atoms with Crippen LogP contribution in [0.1, 0.15) is 44.6 Å². The van der Waals surface area contributed by atoms with Gasteiger partial charge >= 0.3 is 0 Å². The number of hydrogen-bond donors (Lipinski definition) is 1. The third-order valence-corrected chi connectivity index (χ3v) is 5.40. The van der Waals surface area contributed by atoms with Crippen molar-refractivity contribution < 1.29 is 9.47 Å². The lowest BCUT2D eigenvalue weighted by Gasteiger charge is -2.54. The van der Waals surface area contributed by atoms with Crippen molar-refractivity contribution in [3.63, 3.8) is 0 Å². The first-order valence-electron chi connectivity index (χ1n) is 8.26. The highest BCUT2D eigenvalue weighted by molar-refractivity contribution is 5.27. The number of ether oxygens (including phenoxy) is 2. The molecular weight excluding hydrogens is 262 g/mol. The van der Waals surface area contributed by atoms with Gasteiger partial charge in [0, 0.05) is 24.6 Å². The zero-order chi connectivity index (χ0) is 14.7. The van der Waals surface area contributed by atoms with E-state index in [1.54, 1.807) is 7.11 Å². The Balaban J connectivity index is 1.57. The summed E-state index contributed by atoms with van der Waals surface area (Å²) in [6.45, 7) is 3.90. The summed E-state index contributed by atoms with van der Waals surface area (Å²) in [5.74, 6) is 0.922. The molecule has 0 aliphatic heterocycles. The standard InChI is InChI=1S/C18H27NO2/c1-3-21-17-12-16(18(17)10-4-5-11-18)19-13-14-6-8-15(20-2)9-7-14/h6-9,16-17,19H,3-5,10-13H2,1-2H3. The number of hydrogen-bond acceptors (Lipinski definition) is 3. The van der Waals surface area contributed by atoms with Gasteiger partial charge in [-0.25, -0.2) is 0 Å². The molecule has 2 unspecified atom stereocenters. The van der Waals surface area contributed by atoms with Gasteiger partial charge in [0.15, 0.2) is 0 Å².